The number of benzene rings is 2. The average molecular weight is 297 g/mol. The molecule has 0 saturated heterocycles. The monoisotopic (exact) mass is 297 g/mol. The highest BCUT2D eigenvalue weighted by Crippen LogP contribution is 2.20. The Morgan fingerprint density at radius 2 is 1.73 bits per heavy atom. The molecule has 0 heterocycles. The summed E-state index contributed by atoms with van der Waals surface area (Å²) in [6, 6.07) is 15.8. The summed E-state index contributed by atoms with van der Waals surface area (Å²) < 4.78 is 0. The zero-order valence-electron chi connectivity index (χ0n) is 12.6. The fourth-order valence-corrected chi connectivity index (χ4v) is 2.09. The lowest BCUT2D eigenvalue weighted by Crippen LogP contribution is -2.42. The first-order valence-corrected chi connectivity index (χ1v) is 7.01. The zero-order chi connectivity index (χ0) is 15.9. The fraction of sp³-hybridized carbons (Fsp3) is 0.176. The summed E-state index contributed by atoms with van der Waals surface area (Å²) in [6.45, 7) is 1.98. The van der Waals surface area contributed by atoms with Gasteiger partial charge >= 0.3 is 6.03 Å². The van der Waals surface area contributed by atoms with E-state index in [-0.39, 0.29) is 0 Å². The van der Waals surface area contributed by atoms with Crippen LogP contribution in [0.1, 0.15) is 17.2 Å². The third kappa shape index (κ3) is 4.09. The van der Waals surface area contributed by atoms with Gasteiger partial charge in [-0.05, 0) is 30.2 Å². The maximum absolute atomic E-state index is 12.4. The minimum absolute atomic E-state index is 0.410. The molecule has 0 spiro atoms. The second kappa shape index (κ2) is 7.26. The predicted molar refractivity (Wildman–Crippen MR) is 86.6 cm³/mol. The fourth-order valence-electron chi connectivity index (χ4n) is 2.09. The van der Waals surface area contributed by atoms with Gasteiger partial charge in [0, 0.05) is 12.7 Å². The van der Waals surface area contributed by atoms with Gasteiger partial charge in [-0.1, -0.05) is 42.5 Å². The number of urea groups is 1. The van der Waals surface area contributed by atoms with Crippen molar-refractivity contribution in [2.45, 2.75) is 13.0 Å². The van der Waals surface area contributed by atoms with E-state index in [0.29, 0.717) is 0 Å². The Hall–Kier alpha value is -2.82. The van der Waals surface area contributed by atoms with Gasteiger partial charge in [-0.2, -0.15) is 0 Å². The lowest BCUT2D eigenvalue weighted by atomic mass is 10.1. The Labute approximate surface area is 129 Å². The summed E-state index contributed by atoms with van der Waals surface area (Å²) in [5.74, 6) is -0.410. The molecule has 0 aromatic heterocycles. The van der Waals surface area contributed by atoms with Gasteiger partial charge in [0.05, 0.1) is 0 Å². The Bertz CT molecular complexity index is 656. The quantitative estimate of drug-likeness (QED) is 0.812. The van der Waals surface area contributed by atoms with E-state index in [1.807, 2.05) is 61.5 Å². The Kier molecular flexibility index (Phi) is 5.14. The lowest BCUT2D eigenvalue weighted by molar-refractivity contribution is -0.120. The zero-order valence-corrected chi connectivity index (χ0v) is 12.6. The molecule has 22 heavy (non-hydrogen) atoms. The number of hydrogen-bond acceptors (Lipinski definition) is 3. The van der Waals surface area contributed by atoms with Crippen LogP contribution in [0.5, 0.6) is 0 Å². The Morgan fingerprint density at radius 1 is 1.00 bits per heavy atom. The van der Waals surface area contributed by atoms with Crippen LogP contribution >= 0.6 is 0 Å². The number of carbonyl (C=O) groups excluding carboxylic acids is 2. The first-order valence-electron chi connectivity index (χ1n) is 7.01. The topological polar surface area (TPSA) is 70.2 Å². The molecule has 0 aliphatic heterocycles. The van der Waals surface area contributed by atoms with Crippen LogP contribution in [0.3, 0.4) is 0 Å². The van der Waals surface area contributed by atoms with E-state index >= 15 is 0 Å². The van der Waals surface area contributed by atoms with E-state index in [9.17, 15) is 9.59 Å². The maximum atomic E-state index is 12.4. The predicted octanol–water partition coefficient (Wildman–Crippen LogP) is 2.60. The summed E-state index contributed by atoms with van der Waals surface area (Å²) in [6.07, 6.45) is 0. The molecule has 0 aliphatic carbocycles. The summed E-state index contributed by atoms with van der Waals surface area (Å²) in [5.41, 5.74) is 2.69. The molecule has 0 aliphatic rings. The molecule has 0 bridgehead atoms. The van der Waals surface area contributed by atoms with Crippen LogP contribution in [0.2, 0.25) is 0 Å². The van der Waals surface area contributed by atoms with Gasteiger partial charge in [-0.25, -0.2) is 4.79 Å². The Balaban J connectivity index is 2.25. The summed E-state index contributed by atoms with van der Waals surface area (Å²) in [4.78, 5) is 23.8. The summed E-state index contributed by atoms with van der Waals surface area (Å²) >= 11 is 0. The number of nitrogens with one attached hydrogen (secondary N) is 3. The second-order valence-corrected chi connectivity index (χ2v) is 4.93. The van der Waals surface area contributed by atoms with E-state index in [0.717, 1.165) is 16.8 Å². The van der Waals surface area contributed by atoms with Crippen molar-refractivity contribution in [2.75, 3.05) is 12.4 Å². The van der Waals surface area contributed by atoms with Crippen LogP contribution in [0.15, 0.2) is 54.6 Å². The molecule has 2 aromatic carbocycles. The van der Waals surface area contributed by atoms with Crippen molar-refractivity contribution in [1.29, 1.82) is 0 Å². The smallest absolute Gasteiger partial charge is 0.321 e. The van der Waals surface area contributed by atoms with Crippen molar-refractivity contribution in [3.63, 3.8) is 0 Å². The van der Waals surface area contributed by atoms with Crippen LogP contribution in [-0.4, -0.2) is 19.0 Å². The number of rotatable bonds is 4. The number of aryl methyl sites for hydroxylation is 1. The third-order valence-corrected chi connectivity index (χ3v) is 3.19. The summed E-state index contributed by atoms with van der Waals surface area (Å²) in [7, 11) is 1.47. The molecule has 5 heteroatoms. The normalized spacial score (nSPS) is 11.4. The van der Waals surface area contributed by atoms with E-state index in [4.69, 9.17) is 0 Å². The van der Waals surface area contributed by atoms with Crippen LogP contribution in [0, 0.1) is 6.92 Å². The number of carbonyl (C=O) groups is 2. The van der Waals surface area contributed by atoms with E-state index in [1.54, 1.807) is 0 Å². The van der Waals surface area contributed by atoms with Crippen LogP contribution in [0.4, 0.5) is 10.5 Å². The summed E-state index contributed by atoms with van der Waals surface area (Å²) in [5, 5.41) is 7.86. The molecule has 0 unspecified atom stereocenters. The minimum Gasteiger partial charge on any atom is -0.370 e. The Morgan fingerprint density at radius 3 is 2.36 bits per heavy atom. The SMILES string of the molecule is CNC(=O)NC(=O)[C@H](Nc1cccc(C)c1)c1ccccc1. The van der Waals surface area contributed by atoms with Gasteiger partial charge in [-0.15, -0.1) is 0 Å². The molecule has 2 rings (SSSR count). The van der Waals surface area contributed by atoms with Gasteiger partial charge in [0.15, 0.2) is 0 Å². The lowest BCUT2D eigenvalue weighted by Gasteiger charge is -2.19. The van der Waals surface area contributed by atoms with E-state index in [2.05, 4.69) is 16.0 Å². The number of anilines is 1. The van der Waals surface area contributed by atoms with Gasteiger partial charge in [0.2, 0.25) is 0 Å². The molecule has 3 N–H and O–H groups in total. The molecule has 5 nitrogen and oxygen atoms in total. The van der Waals surface area contributed by atoms with Crippen molar-refractivity contribution in [1.82, 2.24) is 10.6 Å². The third-order valence-electron chi connectivity index (χ3n) is 3.19. The van der Waals surface area contributed by atoms with E-state index < -0.39 is 18.0 Å². The standard InChI is InChI=1S/C17H19N3O2/c1-12-7-6-10-14(11-12)19-15(13-8-4-3-5-9-13)16(21)20-17(22)18-2/h3-11,15,19H,1-2H3,(H2,18,20,21,22)/t15-/m1/s1. The highest BCUT2D eigenvalue weighted by molar-refractivity contribution is 5.98. The van der Waals surface area contributed by atoms with Gasteiger partial charge in [0.25, 0.3) is 5.91 Å². The van der Waals surface area contributed by atoms with E-state index in [1.165, 1.54) is 7.05 Å². The van der Waals surface area contributed by atoms with Crippen LogP contribution in [-0.2, 0) is 4.79 Å². The van der Waals surface area contributed by atoms with Crippen LogP contribution < -0.4 is 16.0 Å². The number of hydrogen-bond donors (Lipinski definition) is 3. The number of imide groups is 1. The molecule has 0 radical (unpaired) electrons. The molecular formula is C17H19N3O2. The first kappa shape index (κ1) is 15.6. The van der Waals surface area contributed by atoms with Crippen LogP contribution in [0.25, 0.3) is 0 Å². The van der Waals surface area contributed by atoms with Crippen molar-refractivity contribution < 1.29 is 9.59 Å². The highest BCUT2D eigenvalue weighted by Gasteiger charge is 2.21. The average Bonchev–Trinajstić information content (AvgIpc) is 2.53. The first-order chi connectivity index (χ1) is 10.6. The molecule has 114 valence electrons. The second-order valence-electron chi connectivity index (χ2n) is 4.93. The van der Waals surface area contributed by atoms with Crippen molar-refractivity contribution >= 4 is 17.6 Å². The molecule has 2 aromatic rings. The molecule has 0 fully saturated rings. The van der Waals surface area contributed by atoms with Crippen molar-refractivity contribution in [3.8, 4) is 0 Å². The maximum Gasteiger partial charge on any atom is 0.321 e. The molecular weight excluding hydrogens is 278 g/mol. The van der Waals surface area contributed by atoms with Crippen molar-refractivity contribution in [3.05, 3.63) is 65.7 Å². The van der Waals surface area contributed by atoms with Gasteiger partial charge in [-0.3, -0.25) is 10.1 Å². The molecule has 0 saturated carbocycles. The molecule has 3 amide bonds. The van der Waals surface area contributed by atoms with Gasteiger partial charge < -0.3 is 10.6 Å². The minimum atomic E-state index is -0.653. The largest absolute Gasteiger partial charge is 0.370 e. The van der Waals surface area contributed by atoms with Crippen molar-refractivity contribution in [2.24, 2.45) is 0 Å². The highest BCUT2D eigenvalue weighted by atomic mass is 16.2. The molecule has 1 atom stereocenters. The van der Waals surface area contributed by atoms with Gasteiger partial charge in [0.1, 0.15) is 6.04 Å². The number of amides is 3.